The van der Waals surface area contributed by atoms with E-state index in [9.17, 15) is 34.5 Å². The molecule has 4 N–H and O–H groups in total. The molecule has 9 heteroatoms. The van der Waals surface area contributed by atoms with Gasteiger partial charge in [-0.15, -0.1) is 0 Å². The summed E-state index contributed by atoms with van der Waals surface area (Å²) in [4.78, 5) is 49.5. The fourth-order valence-corrected chi connectivity index (χ4v) is 4.16. The molecule has 9 nitrogen and oxygen atoms in total. The van der Waals surface area contributed by atoms with Crippen molar-refractivity contribution in [3.05, 3.63) is 94.5 Å². The van der Waals surface area contributed by atoms with Crippen molar-refractivity contribution >= 4 is 23.6 Å². The fourth-order valence-electron chi connectivity index (χ4n) is 4.16. The van der Waals surface area contributed by atoms with Crippen molar-refractivity contribution in [2.45, 2.75) is 31.4 Å². The molecule has 0 aliphatic heterocycles. The lowest BCUT2D eigenvalue weighted by atomic mass is 9.96. The van der Waals surface area contributed by atoms with Crippen molar-refractivity contribution in [1.29, 1.82) is 0 Å². The maximum atomic E-state index is 12.8. The Kier molecular flexibility index (Phi) is 7.00. The number of benzene rings is 3. The summed E-state index contributed by atoms with van der Waals surface area (Å²) >= 11 is 0. The molecule has 36 heavy (non-hydrogen) atoms. The summed E-state index contributed by atoms with van der Waals surface area (Å²) in [6.07, 6.45) is 1.45. The number of phenols is 2. The normalized spacial score (nSPS) is 16.8. The number of hydrogen-bond donors (Lipinski definition) is 4. The van der Waals surface area contributed by atoms with Crippen LogP contribution in [0.25, 0.3) is 0 Å². The van der Waals surface area contributed by atoms with Gasteiger partial charge < -0.3 is 25.4 Å². The van der Waals surface area contributed by atoms with Gasteiger partial charge in [-0.3, -0.25) is 9.59 Å². The number of carboxylic acid groups (broad SMARTS) is 1. The average molecular weight is 489 g/mol. The van der Waals surface area contributed by atoms with Crippen molar-refractivity contribution in [3.63, 3.8) is 0 Å². The maximum absolute atomic E-state index is 12.8. The van der Waals surface area contributed by atoms with Crippen LogP contribution in [0.2, 0.25) is 0 Å². The molecule has 3 aromatic rings. The van der Waals surface area contributed by atoms with E-state index in [1.807, 2.05) is 0 Å². The largest absolute Gasteiger partial charge is 0.508 e. The van der Waals surface area contributed by atoms with E-state index in [1.165, 1.54) is 66.7 Å². The van der Waals surface area contributed by atoms with E-state index in [1.54, 1.807) is 0 Å². The van der Waals surface area contributed by atoms with Crippen LogP contribution in [0.4, 0.5) is 0 Å². The summed E-state index contributed by atoms with van der Waals surface area (Å²) in [6.45, 7) is 0. The summed E-state index contributed by atoms with van der Waals surface area (Å²) < 4.78 is 5.62. The van der Waals surface area contributed by atoms with Crippen LogP contribution < -0.4 is 5.32 Å². The van der Waals surface area contributed by atoms with Crippen LogP contribution in [-0.2, 0) is 4.74 Å². The molecule has 0 heterocycles. The van der Waals surface area contributed by atoms with E-state index in [0.29, 0.717) is 18.4 Å². The van der Waals surface area contributed by atoms with Crippen LogP contribution in [0.1, 0.15) is 66.3 Å². The number of nitrogens with one attached hydrogen (secondary N) is 1. The van der Waals surface area contributed by atoms with E-state index >= 15 is 0 Å². The summed E-state index contributed by atoms with van der Waals surface area (Å²) in [5.74, 6) is -3.41. The number of carboxylic acids is 1. The van der Waals surface area contributed by atoms with Crippen LogP contribution in [0.3, 0.4) is 0 Å². The fraction of sp³-hybridized carbons (Fsp3) is 0.185. The van der Waals surface area contributed by atoms with Crippen LogP contribution in [0.5, 0.6) is 11.5 Å². The van der Waals surface area contributed by atoms with Gasteiger partial charge in [0, 0.05) is 11.1 Å². The maximum Gasteiger partial charge on any atom is 0.338 e. The zero-order valence-electron chi connectivity index (χ0n) is 19.0. The molecule has 1 amide bonds. The van der Waals surface area contributed by atoms with Crippen molar-refractivity contribution in [2.24, 2.45) is 0 Å². The highest BCUT2D eigenvalue weighted by Crippen LogP contribution is 2.26. The number of ketones is 1. The molecule has 1 aliphatic carbocycles. The number of phenolic OH excluding ortho intramolecular Hbond substituents is 2. The first-order valence-electron chi connectivity index (χ1n) is 11.3. The monoisotopic (exact) mass is 489 g/mol. The van der Waals surface area contributed by atoms with E-state index in [0.717, 1.165) is 6.42 Å². The van der Waals surface area contributed by atoms with E-state index in [2.05, 4.69) is 5.32 Å². The third kappa shape index (κ3) is 5.20. The molecular weight excluding hydrogens is 466 g/mol. The number of ether oxygens (including phenoxy) is 1. The van der Waals surface area contributed by atoms with Gasteiger partial charge in [0.25, 0.3) is 5.91 Å². The summed E-state index contributed by atoms with van der Waals surface area (Å²) in [7, 11) is 0. The molecule has 0 unspecified atom stereocenters. The summed E-state index contributed by atoms with van der Waals surface area (Å²) in [6, 6.07) is 14.7. The first-order valence-corrected chi connectivity index (χ1v) is 11.3. The average Bonchev–Trinajstić information content (AvgIpc) is 3.30. The predicted molar refractivity (Wildman–Crippen MR) is 127 cm³/mol. The minimum atomic E-state index is -1.35. The molecule has 1 fully saturated rings. The van der Waals surface area contributed by atoms with Gasteiger partial charge in [0.15, 0.2) is 5.78 Å². The molecule has 0 radical (unpaired) electrons. The second kappa shape index (κ2) is 10.3. The molecule has 4 rings (SSSR count). The van der Waals surface area contributed by atoms with Gasteiger partial charge in [-0.2, -0.15) is 0 Å². The quantitative estimate of drug-likeness (QED) is 0.291. The molecule has 2 atom stereocenters. The lowest BCUT2D eigenvalue weighted by Gasteiger charge is -2.21. The van der Waals surface area contributed by atoms with Crippen LogP contribution in [0, 0.1) is 0 Å². The Morgan fingerprint density at radius 3 is 2.11 bits per heavy atom. The van der Waals surface area contributed by atoms with Gasteiger partial charge >= 0.3 is 11.9 Å². The second-order valence-corrected chi connectivity index (χ2v) is 8.41. The standard InChI is InChI=1S/C27H23NO8/c29-18-13-11-16(12-14-18)25(32)28-20-4-2-6-22(20)36-27(35)17-9-7-15(8-10-17)24(31)23-19(26(33)34)3-1-5-21(23)30/h1,3,5,7-14,20,22,29-30H,2,4,6H2,(H,28,32)(H,33,34)/t20-,22-/m1/s1. The third-order valence-electron chi connectivity index (χ3n) is 6.04. The summed E-state index contributed by atoms with van der Waals surface area (Å²) in [5, 5.41) is 31.6. The molecule has 0 bridgehead atoms. The highest BCUT2D eigenvalue weighted by molar-refractivity contribution is 6.16. The Balaban J connectivity index is 1.43. The molecular formula is C27H23NO8. The molecule has 3 aromatic carbocycles. The molecule has 0 saturated heterocycles. The number of esters is 1. The second-order valence-electron chi connectivity index (χ2n) is 8.41. The summed E-state index contributed by atoms with van der Waals surface area (Å²) in [5.41, 5.74) is -0.0163. The van der Waals surface area contributed by atoms with Gasteiger partial charge in [-0.05, 0) is 67.8 Å². The highest BCUT2D eigenvalue weighted by atomic mass is 16.5. The number of hydrogen-bond acceptors (Lipinski definition) is 7. The first kappa shape index (κ1) is 24.5. The Morgan fingerprint density at radius 2 is 1.44 bits per heavy atom. The number of aromatic carboxylic acids is 1. The van der Waals surface area contributed by atoms with Crippen molar-refractivity contribution in [2.75, 3.05) is 0 Å². The van der Waals surface area contributed by atoms with E-state index < -0.39 is 29.6 Å². The Hall–Kier alpha value is -4.66. The minimum Gasteiger partial charge on any atom is -0.508 e. The number of aromatic hydroxyl groups is 2. The molecule has 0 aromatic heterocycles. The van der Waals surface area contributed by atoms with Crippen molar-refractivity contribution in [3.8, 4) is 11.5 Å². The topological polar surface area (TPSA) is 150 Å². The smallest absolute Gasteiger partial charge is 0.338 e. The highest BCUT2D eigenvalue weighted by Gasteiger charge is 2.32. The van der Waals surface area contributed by atoms with Crippen LogP contribution >= 0.6 is 0 Å². The Labute approximate surface area is 206 Å². The SMILES string of the molecule is O=C(N[C@@H]1CCC[C@H]1OC(=O)c1ccc(C(=O)c2c(O)cccc2C(=O)O)cc1)c1ccc(O)cc1. The zero-order chi connectivity index (χ0) is 25.8. The van der Waals surface area contributed by atoms with Crippen molar-refractivity contribution < 1.29 is 39.2 Å². The molecule has 1 saturated carbocycles. The predicted octanol–water partition coefficient (Wildman–Crippen LogP) is 3.53. The number of amides is 1. The minimum absolute atomic E-state index is 0.0508. The molecule has 184 valence electrons. The Morgan fingerprint density at radius 1 is 0.806 bits per heavy atom. The number of carbonyl (C=O) groups is 4. The van der Waals surface area contributed by atoms with Gasteiger partial charge in [0.2, 0.25) is 0 Å². The molecule has 0 spiro atoms. The molecule has 1 aliphatic rings. The van der Waals surface area contributed by atoms with Crippen molar-refractivity contribution in [1.82, 2.24) is 5.32 Å². The van der Waals surface area contributed by atoms with Crippen LogP contribution in [-0.4, -0.2) is 51.1 Å². The van der Waals surface area contributed by atoms with Gasteiger partial charge in [0.1, 0.15) is 17.6 Å². The van der Waals surface area contributed by atoms with E-state index in [-0.39, 0.29) is 40.0 Å². The lowest BCUT2D eigenvalue weighted by molar-refractivity contribution is 0.0250. The third-order valence-corrected chi connectivity index (χ3v) is 6.04. The first-order chi connectivity index (χ1) is 17.2. The van der Waals surface area contributed by atoms with E-state index in [4.69, 9.17) is 4.74 Å². The van der Waals surface area contributed by atoms with Gasteiger partial charge in [-0.25, -0.2) is 9.59 Å². The Bertz CT molecular complexity index is 1310. The van der Waals surface area contributed by atoms with Gasteiger partial charge in [0.05, 0.1) is 22.7 Å². The number of carbonyl (C=O) groups excluding carboxylic acids is 3. The zero-order valence-corrected chi connectivity index (χ0v) is 19.0. The lowest BCUT2D eigenvalue weighted by Crippen LogP contribution is -2.41. The van der Waals surface area contributed by atoms with Crippen LogP contribution in [0.15, 0.2) is 66.7 Å². The van der Waals surface area contributed by atoms with Gasteiger partial charge in [-0.1, -0.05) is 18.2 Å². The number of rotatable bonds is 7.